The minimum atomic E-state index is -3.66. The lowest BCUT2D eigenvalue weighted by Gasteiger charge is -2.35. The second kappa shape index (κ2) is 13.6. The predicted octanol–water partition coefficient (Wildman–Crippen LogP) is 3.95. The highest BCUT2D eigenvalue weighted by Crippen LogP contribution is 2.32. The van der Waals surface area contributed by atoms with Crippen LogP contribution in [0.25, 0.3) is 10.9 Å². The molecule has 1 fully saturated rings. The molecule has 1 saturated heterocycles. The number of allylic oxidation sites excluding steroid dienone is 1. The fourth-order valence-corrected chi connectivity index (χ4v) is 7.10. The third-order valence-corrected chi connectivity index (χ3v) is 9.67. The quantitative estimate of drug-likeness (QED) is 0.226. The maximum atomic E-state index is 13.8. The van der Waals surface area contributed by atoms with Crippen molar-refractivity contribution in [1.29, 1.82) is 0 Å². The van der Waals surface area contributed by atoms with Gasteiger partial charge in [-0.05, 0) is 63.4 Å². The third-order valence-electron chi connectivity index (χ3n) is 7.96. The molecule has 0 saturated carbocycles. The topological polar surface area (TPSA) is 117 Å². The van der Waals surface area contributed by atoms with Gasteiger partial charge in [-0.15, -0.1) is 6.58 Å². The number of rotatable bonds is 13. The van der Waals surface area contributed by atoms with Gasteiger partial charge in [0.05, 0.1) is 36.1 Å². The van der Waals surface area contributed by atoms with Crippen molar-refractivity contribution in [2.24, 2.45) is 0 Å². The van der Waals surface area contributed by atoms with E-state index < -0.39 is 15.9 Å². The number of hydrogen-bond donors (Lipinski definition) is 2. The zero-order valence-corrected chi connectivity index (χ0v) is 26.0. The lowest BCUT2D eigenvalue weighted by molar-refractivity contribution is 0.0952. The zero-order chi connectivity index (χ0) is 30.4. The molecule has 2 N–H and O–H groups in total. The number of hydrogen-bond acceptors (Lipinski definition) is 7. The third kappa shape index (κ3) is 6.90. The maximum Gasteiger partial charge on any atom is 0.256 e. The van der Waals surface area contributed by atoms with Crippen molar-refractivity contribution in [2.75, 3.05) is 50.5 Å². The summed E-state index contributed by atoms with van der Waals surface area (Å²) in [6, 6.07) is 5.45. The number of anilines is 1. The van der Waals surface area contributed by atoms with Crippen molar-refractivity contribution in [2.45, 2.75) is 53.0 Å². The van der Waals surface area contributed by atoms with Gasteiger partial charge in [0, 0.05) is 49.1 Å². The number of nitrogens with zero attached hydrogens (tertiary/aromatic N) is 3. The highest BCUT2D eigenvalue weighted by atomic mass is 32.2. The number of aromatic nitrogens is 2. The molecule has 0 bridgehead atoms. The van der Waals surface area contributed by atoms with E-state index in [0.29, 0.717) is 45.5 Å². The van der Waals surface area contributed by atoms with Crippen molar-refractivity contribution in [1.82, 2.24) is 19.2 Å². The zero-order valence-electron chi connectivity index (χ0n) is 25.2. The average molecular weight is 598 g/mol. The smallest absolute Gasteiger partial charge is 0.256 e. The van der Waals surface area contributed by atoms with Crippen LogP contribution < -0.4 is 20.5 Å². The standard InChI is InChI=1S/C31H43N5O5S/c1-6-8-9-10-11-16-42(39,40)36-21-22(3)29-25(18-24(19-27(29)36)35-14-12-34(7-2)13-15-35)30(37)32-20-26-28(41-5)17-23(4)33-31(26)38/h6,17-19,21H,1,7-16,20H2,2-5H3,(H,32,37)(H,33,38). The van der Waals surface area contributed by atoms with Crippen LogP contribution in [0.1, 0.15) is 59.8 Å². The lowest BCUT2D eigenvalue weighted by Crippen LogP contribution is -2.46. The summed E-state index contributed by atoms with van der Waals surface area (Å²) in [6.45, 7) is 13.7. The molecule has 1 aliphatic heterocycles. The molecule has 10 nitrogen and oxygen atoms in total. The van der Waals surface area contributed by atoms with E-state index in [1.807, 2.05) is 25.1 Å². The Balaban J connectivity index is 1.73. The molecule has 0 aliphatic carbocycles. The van der Waals surface area contributed by atoms with E-state index in [9.17, 15) is 18.0 Å². The lowest BCUT2D eigenvalue weighted by atomic mass is 10.0. The molecule has 1 amide bonds. The van der Waals surface area contributed by atoms with Gasteiger partial charge >= 0.3 is 0 Å². The van der Waals surface area contributed by atoms with Crippen molar-refractivity contribution in [3.05, 3.63) is 69.8 Å². The van der Waals surface area contributed by atoms with Gasteiger partial charge in [-0.25, -0.2) is 12.4 Å². The van der Waals surface area contributed by atoms with Crippen LogP contribution in [0.4, 0.5) is 5.69 Å². The molecular formula is C31H43N5O5S. The number of unbranched alkanes of at least 4 members (excludes halogenated alkanes) is 3. The Morgan fingerprint density at radius 3 is 2.52 bits per heavy atom. The van der Waals surface area contributed by atoms with Gasteiger partial charge in [0.15, 0.2) is 0 Å². The van der Waals surface area contributed by atoms with E-state index >= 15 is 0 Å². The number of aryl methyl sites for hydroxylation is 2. The minimum absolute atomic E-state index is 0.0181. The highest BCUT2D eigenvalue weighted by Gasteiger charge is 2.25. The van der Waals surface area contributed by atoms with E-state index in [1.165, 1.54) is 11.1 Å². The second-order valence-electron chi connectivity index (χ2n) is 10.9. The molecule has 2 aromatic heterocycles. The summed E-state index contributed by atoms with van der Waals surface area (Å²) in [4.78, 5) is 33.7. The van der Waals surface area contributed by atoms with E-state index in [0.717, 1.165) is 57.7 Å². The Bertz CT molecular complexity index is 1600. The first-order valence-electron chi connectivity index (χ1n) is 14.6. The van der Waals surface area contributed by atoms with Crippen molar-refractivity contribution in [3.63, 3.8) is 0 Å². The Kier molecular flexibility index (Phi) is 10.2. The summed E-state index contributed by atoms with van der Waals surface area (Å²) in [5, 5.41) is 3.47. The average Bonchev–Trinajstić information content (AvgIpc) is 3.32. The van der Waals surface area contributed by atoms with Gasteiger partial charge in [0.2, 0.25) is 10.0 Å². The predicted molar refractivity (Wildman–Crippen MR) is 168 cm³/mol. The summed E-state index contributed by atoms with van der Waals surface area (Å²) in [5.74, 6) is 0.0223. The second-order valence-corrected chi connectivity index (χ2v) is 12.8. The number of methoxy groups -OCH3 is 1. The van der Waals surface area contributed by atoms with Crippen molar-refractivity contribution < 1.29 is 17.9 Å². The minimum Gasteiger partial charge on any atom is -0.496 e. The number of aromatic amines is 1. The molecule has 0 atom stereocenters. The van der Waals surface area contributed by atoms with Crippen LogP contribution in [0.5, 0.6) is 5.75 Å². The van der Waals surface area contributed by atoms with Crippen molar-refractivity contribution in [3.8, 4) is 5.75 Å². The van der Waals surface area contributed by atoms with Crippen LogP contribution in [0.2, 0.25) is 0 Å². The molecule has 0 radical (unpaired) electrons. The number of H-pyrrole nitrogens is 1. The van der Waals surface area contributed by atoms with Crippen LogP contribution >= 0.6 is 0 Å². The van der Waals surface area contributed by atoms with Crippen LogP contribution in [-0.4, -0.2) is 73.8 Å². The van der Waals surface area contributed by atoms with Crippen LogP contribution in [0.15, 0.2) is 41.8 Å². The maximum absolute atomic E-state index is 13.8. The molecule has 3 heterocycles. The highest BCUT2D eigenvalue weighted by molar-refractivity contribution is 7.90. The first-order valence-corrected chi connectivity index (χ1v) is 16.2. The van der Waals surface area contributed by atoms with Gasteiger partial charge in [-0.2, -0.15) is 0 Å². The van der Waals surface area contributed by atoms with Crippen molar-refractivity contribution >= 4 is 32.5 Å². The van der Waals surface area contributed by atoms with Crippen LogP contribution in [0, 0.1) is 13.8 Å². The van der Waals surface area contributed by atoms with Crippen LogP contribution in [-0.2, 0) is 16.6 Å². The van der Waals surface area contributed by atoms with Gasteiger partial charge in [-0.1, -0.05) is 19.4 Å². The molecule has 4 rings (SSSR count). The Hall–Kier alpha value is -3.57. The molecule has 0 spiro atoms. The normalized spacial score (nSPS) is 14.3. The fourth-order valence-electron chi connectivity index (χ4n) is 5.57. The fraction of sp³-hybridized carbons (Fsp3) is 0.484. The molecule has 1 aromatic carbocycles. The molecular weight excluding hydrogens is 554 g/mol. The molecule has 42 heavy (non-hydrogen) atoms. The van der Waals surface area contributed by atoms with Gasteiger partial charge in [-0.3, -0.25) is 9.59 Å². The molecule has 0 unspecified atom stereocenters. The number of benzene rings is 1. The number of carbonyl (C=O) groups excluding carboxylic acids is 1. The molecule has 3 aromatic rings. The number of ether oxygens (including phenoxy) is 1. The Labute approximate surface area is 248 Å². The number of likely N-dealkylation sites (N-methyl/N-ethyl adjacent to an activating group) is 1. The number of fused-ring (bicyclic) bond motifs is 1. The molecule has 11 heteroatoms. The summed E-state index contributed by atoms with van der Waals surface area (Å²) >= 11 is 0. The largest absolute Gasteiger partial charge is 0.496 e. The summed E-state index contributed by atoms with van der Waals surface area (Å²) in [7, 11) is -2.18. The van der Waals surface area contributed by atoms with E-state index in [-0.39, 0.29) is 17.9 Å². The number of carbonyl (C=O) groups is 1. The number of amides is 1. The van der Waals surface area contributed by atoms with E-state index in [1.54, 1.807) is 19.2 Å². The molecule has 1 aliphatic rings. The first-order chi connectivity index (χ1) is 20.1. The first kappa shape index (κ1) is 31.4. The van der Waals surface area contributed by atoms with Gasteiger partial charge in [0.1, 0.15) is 5.75 Å². The Morgan fingerprint density at radius 1 is 1.12 bits per heavy atom. The number of piperazine rings is 1. The van der Waals surface area contributed by atoms with E-state index in [2.05, 4.69) is 33.6 Å². The Morgan fingerprint density at radius 2 is 1.86 bits per heavy atom. The summed E-state index contributed by atoms with van der Waals surface area (Å²) in [5.41, 5.74) is 3.00. The number of pyridine rings is 1. The van der Waals surface area contributed by atoms with Crippen LogP contribution in [0.3, 0.4) is 0 Å². The summed E-state index contributed by atoms with van der Waals surface area (Å²) < 4.78 is 33.9. The van der Waals surface area contributed by atoms with Gasteiger partial charge < -0.3 is 24.8 Å². The number of nitrogens with one attached hydrogen (secondary N) is 2. The summed E-state index contributed by atoms with van der Waals surface area (Å²) in [6.07, 6.45) is 6.57. The SMILES string of the molecule is C=CCCCCCS(=O)(=O)n1cc(C)c2c(C(=O)NCc3c(OC)cc(C)[nH]c3=O)cc(N3CCN(CC)CC3)cc21. The molecule has 228 valence electrons. The van der Waals surface area contributed by atoms with Gasteiger partial charge in [0.25, 0.3) is 11.5 Å². The monoisotopic (exact) mass is 597 g/mol. The van der Waals surface area contributed by atoms with E-state index in [4.69, 9.17) is 4.74 Å².